The largest absolute Gasteiger partial charge is 0.496 e. The van der Waals surface area contributed by atoms with Gasteiger partial charge in [0, 0.05) is 19.1 Å². The van der Waals surface area contributed by atoms with Gasteiger partial charge in [0.15, 0.2) is 0 Å². The van der Waals surface area contributed by atoms with E-state index in [9.17, 15) is 13.2 Å². The van der Waals surface area contributed by atoms with E-state index in [-0.39, 0.29) is 16.8 Å². The summed E-state index contributed by atoms with van der Waals surface area (Å²) in [6, 6.07) is 4.71. The fraction of sp³-hybridized carbons (Fsp3) is 0.696. The van der Waals surface area contributed by atoms with Gasteiger partial charge < -0.3 is 10.1 Å². The first-order valence-electron chi connectivity index (χ1n) is 11.4. The highest BCUT2D eigenvalue weighted by atomic mass is 32.2. The SMILES string of the molecule is COc1ccc(S(=O)(=O)N2CCCCCC2)cc1C(=O)N[C@@H](C)[C@H]1C[C@@H]2CC[C@H]1C2. The number of ether oxygens (including phenoxy) is 1. The van der Waals surface area contributed by atoms with Crippen LogP contribution in [-0.4, -0.2) is 44.9 Å². The van der Waals surface area contributed by atoms with Crippen molar-refractivity contribution in [2.24, 2.45) is 17.8 Å². The van der Waals surface area contributed by atoms with Crippen LogP contribution in [0.3, 0.4) is 0 Å². The summed E-state index contributed by atoms with van der Waals surface area (Å²) in [7, 11) is -2.11. The fourth-order valence-electron chi connectivity index (χ4n) is 5.75. The molecule has 1 amide bonds. The Kier molecular flexibility index (Phi) is 6.39. The van der Waals surface area contributed by atoms with Crippen LogP contribution in [0.1, 0.15) is 68.6 Å². The summed E-state index contributed by atoms with van der Waals surface area (Å²) in [5.74, 6) is 2.19. The smallest absolute Gasteiger partial charge is 0.255 e. The molecule has 1 N–H and O–H groups in total. The van der Waals surface area contributed by atoms with Crippen LogP contribution in [-0.2, 0) is 10.0 Å². The molecular formula is C23H34N2O4S. The summed E-state index contributed by atoms with van der Waals surface area (Å²) in [6.45, 7) is 3.15. The second-order valence-corrected chi connectivity index (χ2v) is 11.2. The van der Waals surface area contributed by atoms with Crippen LogP contribution in [0.5, 0.6) is 5.75 Å². The van der Waals surface area contributed by atoms with Gasteiger partial charge >= 0.3 is 0 Å². The van der Waals surface area contributed by atoms with Crippen molar-refractivity contribution in [3.05, 3.63) is 23.8 Å². The van der Waals surface area contributed by atoms with Gasteiger partial charge in [-0.05, 0) is 75.0 Å². The summed E-state index contributed by atoms with van der Waals surface area (Å²) in [4.78, 5) is 13.3. The molecule has 1 heterocycles. The van der Waals surface area contributed by atoms with E-state index < -0.39 is 10.0 Å². The molecule has 30 heavy (non-hydrogen) atoms. The van der Waals surface area contributed by atoms with Crippen LogP contribution in [0.25, 0.3) is 0 Å². The highest BCUT2D eigenvalue weighted by molar-refractivity contribution is 7.89. The molecule has 4 atom stereocenters. The molecule has 1 aromatic rings. The highest BCUT2D eigenvalue weighted by Gasteiger charge is 2.42. The third-order valence-corrected chi connectivity index (χ3v) is 9.31. The molecule has 2 bridgehead atoms. The second kappa shape index (κ2) is 8.87. The normalized spacial score (nSPS) is 28.1. The Labute approximate surface area is 180 Å². The number of hydrogen-bond donors (Lipinski definition) is 1. The van der Waals surface area contributed by atoms with Crippen molar-refractivity contribution >= 4 is 15.9 Å². The van der Waals surface area contributed by atoms with Gasteiger partial charge in [0.1, 0.15) is 5.75 Å². The Bertz CT molecular complexity index is 877. The van der Waals surface area contributed by atoms with Crippen molar-refractivity contribution in [2.45, 2.75) is 69.2 Å². The van der Waals surface area contributed by atoms with Crippen molar-refractivity contribution in [3.8, 4) is 5.75 Å². The maximum atomic E-state index is 13.2. The van der Waals surface area contributed by atoms with E-state index in [4.69, 9.17) is 4.74 Å². The summed E-state index contributed by atoms with van der Waals surface area (Å²) in [5.41, 5.74) is 0.295. The van der Waals surface area contributed by atoms with Crippen molar-refractivity contribution in [1.82, 2.24) is 9.62 Å². The third kappa shape index (κ3) is 4.24. The number of rotatable bonds is 6. The number of methoxy groups -OCH3 is 1. The van der Waals surface area contributed by atoms with Gasteiger partial charge in [0.05, 0.1) is 17.6 Å². The minimum Gasteiger partial charge on any atom is -0.496 e. The van der Waals surface area contributed by atoms with Crippen molar-refractivity contribution < 1.29 is 17.9 Å². The Hall–Kier alpha value is -1.60. The molecule has 1 saturated heterocycles. The molecular weight excluding hydrogens is 400 g/mol. The molecule has 1 aromatic carbocycles. The number of sulfonamides is 1. The van der Waals surface area contributed by atoms with Crippen molar-refractivity contribution in [1.29, 1.82) is 0 Å². The van der Waals surface area contributed by atoms with Gasteiger partial charge in [-0.2, -0.15) is 4.31 Å². The molecule has 1 aliphatic heterocycles. The molecule has 2 aliphatic carbocycles. The number of benzene rings is 1. The first-order valence-corrected chi connectivity index (χ1v) is 12.8. The Balaban J connectivity index is 1.54. The van der Waals surface area contributed by atoms with Crippen LogP contribution < -0.4 is 10.1 Å². The summed E-state index contributed by atoms with van der Waals surface area (Å²) in [6.07, 6.45) is 8.94. The lowest BCUT2D eigenvalue weighted by Crippen LogP contribution is -2.40. The van der Waals surface area contributed by atoms with Gasteiger partial charge in [-0.15, -0.1) is 0 Å². The molecule has 6 nitrogen and oxygen atoms in total. The number of carbonyl (C=O) groups excluding carboxylic acids is 1. The predicted molar refractivity (Wildman–Crippen MR) is 116 cm³/mol. The maximum absolute atomic E-state index is 13.2. The average Bonchev–Trinajstić information content (AvgIpc) is 3.27. The topological polar surface area (TPSA) is 75.7 Å². The zero-order chi connectivity index (χ0) is 21.3. The van der Waals surface area contributed by atoms with Crippen LogP contribution in [0.2, 0.25) is 0 Å². The molecule has 0 aromatic heterocycles. The molecule has 2 saturated carbocycles. The third-order valence-electron chi connectivity index (χ3n) is 7.41. The van der Waals surface area contributed by atoms with Gasteiger partial charge in [-0.25, -0.2) is 8.42 Å². The maximum Gasteiger partial charge on any atom is 0.255 e. The lowest BCUT2D eigenvalue weighted by Gasteiger charge is -2.28. The predicted octanol–water partition coefficient (Wildman–Crippen LogP) is 3.81. The number of nitrogens with zero attached hydrogens (tertiary/aromatic N) is 1. The monoisotopic (exact) mass is 434 g/mol. The Morgan fingerprint density at radius 1 is 1.13 bits per heavy atom. The molecule has 4 rings (SSSR count). The van der Waals surface area contributed by atoms with E-state index in [2.05, 4.69) is 12.2 Å². The number of amides is 1. The highest BCUT2D eigenvalue weighted by Crippen LogP contribution is 2.49. The summed E-state index contributed by atoms with van der Waals surface area (Å²) in [5, 5.41) is 3.14. The number of carbonyl (C=O) groups is 1. The molecule has 0 unspecified atom stereocenters. The summed E-state index contributed by atoms with van der Waals surface area (Å²) >= 11 is 0. The number of nitrogens with one attached hydrogen (secondary N) is 1. The second-order valence-electron chi connectivity index (χ2n) is 9.28. The quantitative estimate of drug-likeness (QED) is 0.739. The molecule has 0 radical (unpaired) electrons. The first-order chi connectivity index (χ1) is 14.4. The van der Waals surface area contributed by atoms with E-state index in [1.807, 2.05) is 0 Å². The Morgan fingerprint density at radius 3 is 2.47 bits per heavy atom. The van der Waals surface area contributed by atoms with Crippen molar-refractivity contribution in [3.63, 3.8) is 0 Å². The standard InChI is InChI=1S/C23H34N2O4S/c1-16(20-14-17-7-8-18(20)13-17)24-23(26)21-15-19(9-10-22(21)29-2)30(27,28)25-11-5-3-4-6-12-25/h9-10,15-18,20H,3-8,11-14H2,1-2H3,(H,24,26)/t16-,17+,18-,20+/m0/s1. The zero-order valence-corrected chi connectivity index (χ0v) is 18.9. The van der Waals surface area contributed by atoms with Gasteiger partial charge in [-0.1, -0.05) is 19.3 Å². The minimum atomic E-state index is -3.62. The number of hydrogen-bond acceptors (Lipinski definition) is 4. The molecule has 7 heteroatoms. The fourth-order valence-corrected chi connectivity index (χ4v) is 7.30. The molecule has 166 valence electrons. The van der Waals surface area contributed by atoms with Gasteiger partial charge in [-0.3, -0.25) is 4.79 Å². The van der Waals surface area contributed by atoms with Crippen LogP contribution >= 0.6 is 0 Å². The van der Waals surface area contributed by atoms with E-state index in [1.54, 1.807) is 16.4 Å². The van der Waals surface area contributed by atoms with Crippen LogP contribution in [0.15, 0.2) is 23.1 Å². The minimum absolute atomic E-state index is 0.0726. The van der Waals surface area contributed by atoms with E-state index >= 15 is 0 Å². The first kappa shape index (κ1) is 21.6. The number of fused-ring (bicyclic) bond motifs is 2. The van der Waals surface area contributed by atoms with Gasteiger partial charge in [0.25, 0.3) is 5.91 Å². The molecule has 0 spiro atoms. The molecule has 3 aliphatic rings. The Morgan fingerprint density at radius 2 is 1.87 bits per heavy atom. The van der Waals surface area contributed by atoms with Crippen LogP contribution in [0, 0.1) is 17.8 Å². The van der Waals surface area contributed by atoms with Gasteiger partial charge in [0.2, 0.25) is 10.0 Å². The summed E-state index contributed by atoms with van der Waals surface area (Å²) < 4.78 is 33.3. The van der Waals surface area contributed by atoms with E-state index in [1.165, 1.54) is 38.9 Å². The zero-order valence-electron chi connectivity index (χ0n) is 18.1. The van der Waals surface area contributed by atoms with Crippen molar-refractivity contribution in [2.75, 3.05) is 20.2 Å². The molecule has 3 fully saturated rings. The lowest BCUT2D eigenvalue weighted by atomic mass is 9.84. The van der Waals surface area contributed by atoms with E-state index in [0.717, 1.165) is 31.6 Å². The van der Waals surface area contributed by atoms with Crippen LogP contribution in [0.4, 0.5) is 0 Å². The van der Waals surface area contributed by atoms with E-state index in [0.29, 0.717) is 36.2 Å². The lowest BCUT2D eigenvalue weighted by molar-refractivity contribution is 0.0912. The average molecular weight is 435 g/mol.